The molecule has 1 rings (SSSR count). The first-order valence-electron chi connectivity index (χ1n) is 3.14. The third kappa shape index (κ3) is 2.16. The molecule has 1 atom stereocenters. The lowest BCUT2D eigenvalue weighted by Crippen LogP contribution is -1.93. The van der Waals surface area contributed by atoms with Crippen molar-refractivity contribution >= 4 is 44.2 Å². The fourth-order valence-corrected chi connectivity index (χ4v) is 1.75. The van der Waals surface area contributed by atoms with Gasteiger partial charge in [-0.05, 0) is 0 Å². The van der Waals surface area contributed by atoms with Crippen LogP contribution in [0.5, 0.6) is 0 Å². The summed E-state index contributed by atoms with van der Waals surface area (Å²) < 4.78 is -0.0169. The first kappa shape index (κ1) is 9.91. The normalized spacial score (nSPS) is 12.5. The lowest BCUT2D eigenvalue weighted by molar-refractivity contribution is -0.385. The second-order valence-corrected chi connectivity index (χ2v) is 5.99. The highest BCUT2D eigenvalue weighted by molar-refractivity contribution is 14.1. The number of nitrogens with zero attached hydrogens (tertiary/aromatic N) is 1. The number of halogens is 2. The highest BCUT2D eigenvalue weighted by Crippen LogP contribution is 2.35. The van der Waals surface area contributed by atoms with Crippen molar-refractivity contribution in [1.29, 1.82) is 0 Å². The maximum Gasteiger partial charge on any atom is 0.274 e. The van der Waals surface area contributed by atoms with Crippen LogP contribution in [0.1, 0.15) is 8.40 Å². The maximum atomic E-state index is 10.5. The molecule has 0 bridgehead atoms. The van der Waals surface area contributed by atoms with Crippen molar-refractivity contribution in [2.75, 3.05) is 0 Å². The molecule has 0 radical (unpaired) electrons. The quantitative estimate of drug-likeness (QED) is 0.358. The van der Waals surface area contributed by atoms with Gasteiger partial charge in [0.05, 0.1) is 13.3 Å². The summed E-state index contributed by atoms with van der Waals surface area (Å²) in [4.78, 5) is 10.1. The van der Waals surface area contributed by atoms with Gasteiger partial charge in [-0.1, -0.05) is 56.7 Å². The summed E-state index contributed by atoms with van der Waals surface area (Å²) >= 11 is 5.36. The molecular weight excluding hydrogens is 337 g/mol. The van der Waals surface area contributed by atoms with E-state index in [1.54, 1.807) is 18.2 Å². The van der Waals surface area contributed by atoms with Gasteiger partial charge >= 0.3 is 0 Å². The molecular formula is C7H5BrINO2. The minimum atomic E-state index is -0.373. The van der Waals surface area contributed by atoms with E-state index in [2.05, 4.69) is 38.5 Å². The molecule has 0 aliphatic heterocycles. The Morgan fingerprint density at radius 3 is 2.50 bits per heavy atom. The Bertz CT molecular complexity index is 303. The average Bonchev–Trinajstić information content (AvgIpc) is 2.04. The first-order valence-corrected chi connectivity index (χ1v) is 5.30. The number of nitro groups is 1. The number of hydrogen-bond acceptors (Lipinski definition) is 2. The number of benzene rings is 1. The van der Waals surface area contributed by atoms with Gasteiger partial charge in [0.25, 0.3) is 5.69 Å². The van der Waals surface area contributed by atoms with Crippen LogP contribution in [0.3, 0.4) is 0 Å². The van der Waals surface area contributed by atoms with Crippen LogP contribution in [0.2, 0.25) is 0 Å². The van der Waals surface area contributed by atoms with Crippen LogP contribution in [0.25, 0.3) is 0 Å². The molecule has 1 unspecified atom stereocenters. The van der Waals surface area contributed by atoms with Gasteiger partial charge in [-0.15, -0.1) is 0 Å². The van der Waals surface area contributed by atoms with Gasteiger partial charge in [0.15, 0.2) is 0 Å². The molecule has 0 amide bonds. The van der Waals surface area contributed by atoms with Crippen LogP contribution in [0.15, 0.2) is 24.3 Å². The summed E-state index contributed by atoms with van der Waals surface area (Å²) in [5, 5.41) is 10.5. The topological polar surface area (TPSA) is 43.1 Å². The Labute approximate surface area is 91.6 Å². The Morgan fingerprint density at radius 2 is 2.08 bits per heavy atom. The molecule has 12 heavy (non-hydrogen) atoms. The molecule has 1 aromatic carbocycles. The minimum Gasteiger partial charge on any atom is -0.258 e. The fourth-order valence-electron chi connectivity index (χ4n) is 0.838. The standard InChI is InChI=1S/C7H5BrINO2/c8-7(9)5-3-1-2-4-6(5)10(11)12/h1-4,7H. The van der Waals surface area contributed by atoms with Crippen molar-refractivity contribution in [3.8, 4) is 0 Å². The van der Waals surface area contributed by atoms with E-state index in [4.69, 9.17) is 0 Å². The van der Waals surface area contributed by atoms with E-state index in [0.717, 1.165) is 0 Å². The molecule has 0 aromatic heterocycles. The second kappa shape index (κ2) is 4.18. The zero-order chi connectivity index (χ0) is 9.14. The van der Waals surface area contributed by atoms with Crippen LogP contribution in [-0.4, -0.2) is 4.92 Å². The van der Waals surface area contributed by atoms with Gasteiger partial charge < -0.3 is 0 Å². The van der Waals surface area contributed by atoms with Crippen LogP contribution in [0.4, 0.5) is 5.69 Å². The van der Waals surface area contributed by atoms with E-state index in [9.17, 15) is 10.1 Å². The van der Waals surface area contributed by atoms with E-state index >= 15 is 0 Å². The van der Waals surface area contributed by atoms with E-state index in [-0.39, 0.29) is 13.4 Å². The number of nitro benzene ring substituents is 1. The van der Waals surface area contributed by atoms with Crippen LogP contribution in [0, 0.1) is 10.1 Å². The van der Waals surface area contributed by atoms with Crippen molar-refractivity contribution in [2.45, 2.75) is 2.83 Å². The Kier molecular flexibility index (Phi) is 3.45. The molecule has 1 aromatic rings. The first-order chi connectivity index (χ1) is 5.63. The zero-order valence-corrected chi connectivity index (χ0v) is 9.65. The molecule has 64 valence electrons. The maximum absolute atomic E-state index is 10.5. The zero-order valence-electron chi connectivity index (χ0n) is 5.91. The molecule has 5 heteroatoms. The van der Waals surface area contributed by atoms with E-state index < -0.39 is 0 Å². The minimum absolute atomic E-state index is 0.0169. The molecule has 0 fully saturated rings. The Morgan fingerprint density at radius 1 is 1.50 bits per heavy atom. The Hall–Kier alpha value is -0.170. The van der Waals surface area contributed by atoms with Gasteiger partial charge in [0.1, 0.15) is 0 Å². The van der Waals surface area contributed by atoms with Crippen LogP contribution >= 0.6 is 38.5 Å². The van der Waals surface area contributed by atoms with Crippen LogP contribution in [-0.2, 0) is 0 Å². The number of alkyl halides is 2. The van der Waals surface area contributed by atoms with E-state index in [1.807, 2.05) is 0 Å². The van der Waals surface area contributed by atoms with Gasteiger partial charge in [0, 0.05) is 6.07 Å². The van der Waals surface area contributed by atoms with E-state index in [1.165, 1.54) is 6.07 Å². The summed E-state index contributed by atoms with van der Waals surface area (Å²) in [6.07, 6.45) is 0. The molecule has 0 heterocycles. The third-order valence-electron chi connectivity index (χ3n) is 1.37. The summed E-state index contributed by atoms with van der Waals surface area (Å²) in [5.41, 5.74) is 0.858. The van der Waals surface area contributed by atoms with Crippen molar-refractivity contribution in [1.82, 2.24) is 0 Å². The monoisotopic (exact) mass is 341 g/mol. The lowest BCUT2D eigenvalue weighted by atomic mass is 10.2. The number of rotatable bonds is 2. The number of para-hydroxylation sites is 1. The van der Waals surface area contributed by atoms with Crippen molar-refractivity contribution < 1.29 is 4.92 Å². The second-order valence-electron chi connectivity index (χ2n) is 2.12. The largest absolute Gasteiger partial charge is 0.274 e. The van der Waals surface area contributed by atoms with Gasteiger partial charge in [-0.25, -0.2) is 0 Å². The summed E-state index contributed by atoms with van der Waals surface area (Å²) in [5.74, 6) is 0. The molecule has 0 saturated heterocycles. The van der Waals surface area contributed by atoms with Crippen molar-refractivity contribution in [3.05, 3.63) is 39.9 Å². The highest BCUT2D eigenvalue weighted by Gasteiger charge is 2.16. The molecule has 0 aliphatic carbocycles. The summed E-state index contributed by atoms with van der Waals surface area (Å²) in [6.45, 7) is 0. The van der Waals surface area contributed by atoms with Gasteiger partial charge in [0.2, 0.25) is 0 Å². The molecule has 0 spiro atoms. The predicted octanol–water partition coefficient (Wildman–Crippen LogP) is 3.42. The van der Waals surface area contributed by atoms with Crippen molar-refractivity contribution in [2.24, 2.45) is 0 Å². The predicted molar refractivity (Wildman–Crippen MR) is 58.8 cm³/mol. The third-order valence-corrected chi connectivity index (χ3v) is 2.53. The SMILES string of the molecule is O=[N+]([O-])c1ccccc1C(Br)I. The average molecular weight is 342 g/mol. The lowest BCUT2D eigenvalue weighted by Gasteiger charge is -2.01. The smallest absolute Gasteiger partial charge is 0.258 e. The summed E-state index contributed by atoms with van der Waals surface area (Å²) in [6, 6.07) is 6.69. The molecule has 0 aliphatic rings. The molecule has 3 nitrogen and oxygen atoms in total. The van der Waals surface area contributed by atoms with E-state index in [0.29, 0.717) is 5.56 Å². The number of hydrogen-bond donors (Lipinski definition) is 0. The van der Waals surface area contributed by atoms with Gasteiger partial charge in [-0.3, -0.25) is 10.1 Å². The fraction of sp³-hybridized carbons (Fsp3) is 0.143. The van der Waals surface area contributed by atoms with Gasteiger partial charge in [-0.2, -0.15) is 0 Å². The molecule has 0 saturated carbocycles. The molecule has 0 N–H and O–H groups in total. The summed E-state index contributed by atoms with van der Waals surface area (Å²) in [7, 11) is 0. The van der Waals surface area contributed by atoms with Crippen molar-refractivity contribution in [3.63, 3.8) is 0 Å². The van der Waals surface area contributed by atoms with Crippen LogP contribution < -0.4 is 0 Å². The highest BCUT2D eigenvalue weighted by atomic mass is 127. The Balaban J connectivity index is 3.17.